The summed E-state index contributed by atoms with van der Waals surface area (Å²) in [5, 5.41) is 0. The third-order valence-electron chi connectivity index (χ3n) is 0.265. The number of nitrogens with two attached hydrogens (primary N) is 1. The predicted octanol–water partition coefficient (Wildman–Crippen LogP) is -2.50. The summed E-state index contributed by atoms with van der Waals surface area (Å²) < 4.78 is 13.2. The van der Waals surface area contributed by atoms with Gasteiger partial charge < -0.3 is 15.5 Å². The fraction of sp³-hybridized carbons (Fsp3) is 0. The average molecular weight is 186 g/mol. The van der Waals surface area contributed by atoms with Crippen molar-refractivity contribution in [2.24, 2.45) is 5.73 Å². The molecule has 0 heterocycles. The first-order valence-corrected chi connectivity index (χ1v) is 3.24. The number of nitrogens with one attached hydrogen (secondary N) is 1. The number of phosphoric acid groups is 1. The molecule has 0 aromatic heterocycles. The van der Waals surface area contributed by atoms with E-state index in [2.05, 4.69) is 10.4 Å². The highest BCUT2D eigenvalue weighted by Gasteiger charge is 2.14. The summed E-state index contributed by atoms with van der Waals surface area (Å²) in [6.45, 7) is 0. The maximum atomic E-state index is 9.74. The molecule has 0 bridgehead atoms. The van der Waals surface area contributed by atoms with Crippen molar-refractivity contribution in [3.05, 3.63) is 0 Å². The lowest BCUT2D eigenvalue weighted by Gasteiger charge is -2.01. The summed E-state index contributed by atoms with van der Waals surface area (Å²) in [4.78, 5) is 25.5. The van der Waals surface area contributed by atoms with Gasteiger partial charge in [0, 0.05) is 0 Å². The van der Waals surface area contributed by atoms with Crippen LogP contribution in [0.4, 0.5) is 4.79 Å². The number of rotatable bonds is 2. The van der Waals surface area contributed by atoms with Gasteiger partial charge in [-0.3, -0.25) is 0 Å². The molecule has 10 heavy (non-hydrogen) atoms. The zero-order valence-corrected chi connectivity index (χ0v) is 5.04. The molecule has 0 aliphatic carbocycles. The van der Waals surface area contributed by atoms with Gasteiger partial charge in [-0.2, -0.15) is 4.62 Å². The molecule has 0 aromatic carbocycles. The number of urea groups is 1. The van der Waals surface area contributed by atoms with Crippen molar-refractivity contribution in [2.45, 2.75) is 0 Å². The highest BCUT2D eigenvalue weighted by atomic mass is 31.2. The molecule has 0 aliphatic rings. The lowest BCUT2D eigenvalue weighted by Crippen LogP contribution is -2.28. The van der Waals surface area contributed by atoms with Crippen LogP contribution >= 0.6 is 7.82 Å². The van der Waals surface area contributed by atoms with E-state index in [1.165, 1.54) is 5.48 Å². The van der Waals surface area contributed by atoms with Crippen LogP contribution in [0.3, 0.4) is 0 Å². The van der Waals surface area contributed by atoms with Gasteiger partial charge in [-0.25, -0.2) is 14.8 Å². The number of amides is 2. The predicted molar refractivity (Wildman–Crippen MR) is 35.8 cm³/mol. The summed E-state index contributed by atoms with van der Waals surface area (Å²) in [5.74, 6) is 0. The Morgan fingerprint density at radius 1 is 1.60 bits per heavy atom. The summed E-state index contributed by atoms with van der Waals surface area (Å²) in [7, 11) is -4.63. The molecule has 0 unspecified atom stereocenters. The quantitative estimate of drug-likeness (QED) is 0.215. The van der Waals surface area contributed by atoms with Crippen LogP contribution in [0.15, 0.2) is 0 Å². The van der Waals surface area contributed by atoms with E-state index in [1.807, 2.05) is 0 Å². The van der Waals surface area contributed by atoms with E-state index in [1.54, 1.807) is 0 Å². The average Bonchev–Trinajstić information content (AvgIpc) is 1.59. The second-order valence-corrected chi connectivity index (χ2v) is 2.21. The summed E-state index contributed by atoms with van der Waals surface area (Å²) in [6, 6.07) is -1.17. The Morgan fingerprint density at radius 3 is 2.10 bits per heavy atom. The zero-order chi connectivity index (χ0) is 7.49. The molecule has 0 radical (unpaired) electrons. The molecule has 60 valence electrons. The summed E-state index contributed by atoms with van der Waals surface area (Å²) in [6.07, 6.45) is 0. The Hall–Kier alpha value is -0.0875. The second kappa shape index (κ2) is 4.69. The summed E-state index contributed by atoms with van der Waals surface area (Å²) in [5.41, 5.74) is 5.64. The van der Waals surface area contributed by atoms with E-state index in [0.29, 0.717) is 0 Å². The SMILES string of the molecule is NC(=O)NOP(=O)(O)O.[AlH3]. The molecule has 2 amide bonds. The van der Waals surface area contributed by atoms with E-state index < -0.39 is 13.9 Å². The molecule has 0 rings (SSSR count). The van der Waals surface area contributed by atoms with Crippen LogP contribution in [-0.2, 0) is 9.19 Å². The van der Waals surface area contributed by atoms with Crippen molar-refractivity contribution in [3.8, 4) is 0 Å². The number of hydrogen-bond acceptors (Lipinski definition) is 3. The van der Waals surface area contributed by atoms with Crippen molar-refractivity contribution >= 4 is 31.2 Å². The Bertz CT molecular complexity index is 154. The molecule has 5 N–H and O–H groups in total. The van der Waals surface area contributed by atoms with Gasteiger partial charge in [-0.05, 0) is 0 Å². The fourth-order valence-corrected chi connectivity index (χ4v) is 0.313. The molecule has 0 spiro atoms. The maximum Gasteiger partial charge on any atom is 0.491 e. The molecule has 9 heteroatoms. The van der Waals surface area contributed by atoms with Crippen LogP contribution in [0.25, 0.3) is 0 Å². The lowest BCUT2D eigenvalue weighted by molar-refractivity contribution is 0.135. The summed E-state index contributed by atoms with van der Waals surface area (Å²) >= 11 is 0. The van der Waals surface area contributed by atoms with Gasteiger partial charge in [0.05, 0.1) is 0 Å². The molecular formula is CH8AlN2O5P. The van der Waals surface area contributed by atoms with E-state index in [9.17, 15) is 9.36 Å². The minimum Gasteiger partial charge on any atom is -0.350 e. The largest absolute Gasteiger partial charge is 0.491 e. The maximum absolute atomic E-state index is 9.74. The fourth-order valence-electron chi connectivity index (χ4n) is 0.104. The van der Waals surface area contributed by atoms with Crippen LogP contribution in [0, 0.1) is 0 Å². The number of carbonyl (C=O) groups excluding carboxylic acids is 1. The van der Waals surface area contributed by atoms with E-state index in [0.717, 1.165) is 0 Å². The van der Waals surface area contributed by atoms with Crippen LogP contribution < -0.4 is 11.2 Å². The number of primary amides is 1. The van der Waals surface area contributed by atoms with Gasteiger partial charge in [0.1, 0.15) is 0 Å². The molecule has 7 nitrogen and oxygen atoms in total. The molecule has 0 aliphatic heterocycles. The minimum absolute atomic E-state index is 0. The standard InChI is InChI=1S/CH5N2O5P.Al.3H/c2-1(4)3-8-9(5,6)7;;;;/h(H3,2,3,4)(H2,5,6,7);;;;. The van der Waals surface area contributed by atoms with Gasteiger partial charge >= 0.3 is 13.9 Å². The normalized spacial score (nSPS) is 9.80. The van der Waals surface area contributed by atoms with Gasteiger partial charge in [0.25, 0.3) is 0 Å². The first kappa shape index (κ1) is 12.6. The van der Waals surface area contributed by atoms with Crippen LogP contribution in [-0.4, -0.2) is 33.2 Å². The first-order chi connectivity index (χ1) is 3.92. The molecule has 0 saturated carbocycles. The monoisotopic (exact) mass is 186 g/mol. The van der Waals surface area contributed by atoms with Crippen molar-refractivity contribution in [1.82, 2.24) is 5.48 Å². The van der Waals surface area contributed by atoms with Crippen molar-refractivity contribution in [2.75, 3.05) is 0 Å². The van der Waals surface area contributed by atoms with Gasteiger partial charge in [-0.15, -0.1) is 0 Å². The zero-order valence-electron chi connectivity index (χ0n) is 4.14. The van der Waals surface area contributed by atoms with E-state index in [-0.39, 0.29) is 17.4 Å². The van der Waals surface area contributed by atoms with Gasteiger partial charge in [0.2, 0.25) is 0 Å². The molecule has 0 fully saturated rings. The molecule has 0 atom stereocenters. The second-order valence-electron chi connectivity index (χ2n) is 1.05. The van der Waals surface area contributed by atoms with E-state index in [4.69, 9.17) is 9.79 Å². The Labute approximate surface area is 66.9 Å². The van der Waals surface area contributed by atoms with Crippen molar-refractivity contribution in [1.29, 1.82) is 0 Å². The highest BCUT2D eigenvalue weighted by molar-refractivity contribution is 7.46. The first-order valence-electron chi connectivity index (χ1n) is 1.71. The number of hydroxylamine groups is 1. The number of carbonyl (C=O) groups is 1. The molecular weight excluding hydrogens is 178 g/mol. The Kier molecular flexibility index (Phi) is 5.89. The Balaban J connectivity index is 0. The van der Waals surface area contributed by atoms with Gasteiger partial charge in [0.15, 0.2) is 17.4 Å². The topological polar surface area (TPSA) is 122 Å². The lowest BCUT2D eigenvalue weighted by atomic mass is 11.2. The van der Waals surface area contributed by atoms with E-state index >= 15 is 0 Å². The van der Waals surface area contributed by atoms with Crippen molar-refractivity contribution in [3.63, 3.8) is 0 Å². The molecule has 0 aromatic rings. The smallest absolute Gasteiger partial charge is 0.350 e. The number of hydrogen-bond donors (Lipinski definition) is 4. The van der Waals surface area contributed by atoms with Gasteiger partial charge in [-0.1, -0.05) is 0 Å². The third-order valence-corrected chi connectivity index (χ3v) is 0.594. The van der Waals surface area contributed by atoms with Crippen LogP contribution in [0.2, 0.25) is 0 Å². The third kappa shape index (κ3) is 10.8. The molecule has 0 saturated heterocycles. The Morgan fingerprint density at radius 2 is 2.00 bits per heavy atom. The van der Waals surface area contributed by atoms with Crippen molar-refractivity contribution < 1.29 is 23.8 Å². The highest BCUT2D eigenvalue weighted by Crippen LogP contribution is 2.33. The van der Waals surface area contributed by atoms with Crippen LogP contribution in [0.5, 0.6) is 0 Å². The van der Waals surface area contributed by atoms with Crippen LogP contribution in [0.1, 0.15) is 0 Å². The minimum atomic E-state index is -4.63.